The van der Waals surface area contributed by atoms with Crippen LogP contribution < -0.4 is 0 Å². The van der Waals surface area contributed by atoms with Gasteiger partial charge in [-0.05, 0) is 25.0 Å². The van der Waals surface area contributed by atoms with E-state index < -0.39 is 0 Å². The van der Waals surface area contributed by atoms with Gasteiger partial charge in [0.2, 0.25) is 0 Å². The van der Waals surface area contributed by atoms with Crippen LogP contribution in [-0.2, 0) is 4.74 Å². The third-order valence-corrected chi connectivity index (χ3v) is 3.54. The molecule has 0 unspecified atom stereocenters. The highest BCUT2D eigenvalue weighted by atomic mass is 16.6. The summed E-state index contributed by atoms with van der Waals surface area (Å²) in [6, 6.07) is 6.76. The third-order valence-electron chi connectivity index (χ3n) is 3.54. The van der Waals surface area contributed by atoms with Gasteiger partial charge in [-0.3, -0.25) is 10.1 Å². The van der Waals surface area contributed by atoms with E-state index in [9.17, 15) is 10.1 Å². The molecule has 6 nitrogen and oxygen atoms in total. The number of hydrogen-bond donors (Lipinski definition) is 1. The van der Waals surface area contributed by atoms with Crippen LogP contribution in [-0.4, -0.2) is 27.3 Å². The molecule has 1 aromatic carbocycles. The average Bonchev–Trinajstić information content (AvgIpc) is 3.03. The molecule has 1 fully saturated rings. The Hall–Kier alpha value is -1.92. The van der Waals surface area contributed by atoms with E-state index in [2.05, 4.69) is 0 Å². The normalized spacial score (nSPS) is 23.0. The maximum absolute atomic E-state index is 11.0. The molecule has 0 saturated carbocycles. The maximum Gasteiger partial charge on any atom is 0.278 e. The molecule has 19 heavy (non-hydrogen) atoms. The van der Waals surface area contributed by atoms with Gasteiger partial charge in [0, 0.05) is 12.3 Å². The van der Waals surface area contributed by atoms with Crippen molar-refractivity contribution in [3.8, 4) is 0 Å². The fourth-order valence-electron chi connectivity index (χ4n) is 2.61. The number of hydrogen-bond acceptors (Lipinski definition) is 4. The molecule has 2 aromatic rings. The number of nitro benzene ring substituents is 1. The van der Waals surface area contributed by atoms with Crippen molar-refractivity contribution >= 4 is 16.6 Å². The number of nitro groups is 1. The molecular weight excluding hydrogens is 248 g/mol. The number of aromatic nitrogens is 1. The number of ether oxygens (including phenoxy) is 1. The average molecular weight is 262 g/mol. The number of aliphatic hydroxyl groups is 1. The van der Waals surface area contributed by atoms with Crippen LogP contribution in [0.1, 0.15) is 19.1 Å². The second-order valence-electron chi connectivity index (χ2n) is 4.66. The Morgan fingerprint density at radius 2 is 2.26 bits per heavy atom. The van der Waals surface area contributed by atoms with Crippen LogP contribution in [0.2, 0.25) is 0 Å². The van der Waals surface area contributed by atoms with Crippen LogP contribution in [0.15, 0.2) is 30.5 Å². The Labute approximate surface area is 109 Å². The smallest absolute Gasteiger partial charge is 0.278 e. The quantitative estimate of drug-likeness (QED) is 0.679. The minimum atomic E-state index is -0.376. The van der Waals surface area contributed by atoms with Crippen molar-refractivity contribution in [2.45, 2.75) is 25.2 Å². The van der Waals surface area contributed by atoms with Gasteiger partial charge in [0.1, 0.15) is 6.23 Å². The Bertz CT molecular complexity index is 622. The fraction of sp³-hybridized carbons (Fsp3) is 0.385. The minimum absolute atomic E-state index is 0.00977. The van der Waals surface area contributed by atoms with E-state index in [0.717, 1.165) is 18.4 Å². The molecular formula is C13H14N2O4. The molecule has 0 aliphatic carbocycles. The largest absolute Gasteiger partial charge is 0.394 e. The van der Waals surface area contributed by atoms with E-state index in [1.807, 2.05) is 16.8 Å². The van der Waals surface area contributed by atoms with Gasteiger partial charge in [-0.15, -0.1) is 0 Å². The summed E-state index contributed by atoms with van der Waals surface area (Å²) in [4.78, 5) is 10.6. The van der Waals surface area contributed by atoms with Gasteiger partial charge < -0.3 is 14.4 Å². The second kappa shape index (κ2) is 4.64. The van der Waals surface area contributed by atoms with Gasteiger partial charge in [-0.1, -0.05) is 6.07 Å². The third kappa shape index (κ3) is 1.98. The number of benzene rings is 1. The van der Waals surface area contributed by atoms with Crippen LogP contribution in [0.3, 0.4) is 0 Å². The van der Waals surface area contributed by atoms with Crippen molar-refractivity contribution < 1.29 is 14.8 Å². The Balaban J connectivity index is 2.02. The van der Waals surface area contributed by atoms with E-state index in [4.69, 9.17) is 9.84 Å². The van der Waals surface area contributed by atoms with Crippen molar-refractivity contribution in [2.24, 2.45) is 0 Å². The lowest BCUT2D eigenvalue weighted by Gasteiger charge is -2.15. The highest BCUT2D eigenvalue weighted by Crippen LogP contribution is 2.34. The van der Waals surface area contributed by atoms with Gasteiger partial charge in [0.25, 0.3) is 5.69 Å². The zero-order valence-corrected chi connectivity index (χ0v) is 10.2. The maximum atomic E-state index is 11.0. The SMILES string of the molecule is O=[N+]([O-])c1cccc2c1ccn2[C@@H]1CC[C@@H](CO)O1. The molecule has 100 valence electrons. The molecule has 6 heteroatoms. The Morgan fingerprint density at radius 3 is 2.95 bits per heavy atom. The highest BCUT2D eigenvalue weighted by Gasteiger charge is 2.27. The van der Waals surface area contributed by atoms with Crippen molar-refractivity contribution in [1.82, 2.24) is 4.57 Å². The van der Waals surface area contributed by atoms with Gasteiger partial charge in [-0.25, -0.2) is 0 Å². The van der Waals surface area contributed by atoms with Crippen molar-refractivity contribution in [1.29, 1.82) is 0 Å². The van der Waals surface area contributed by atoms with E-state index in [-0.39, 0.29) is 29.5 Å². The van der Waals surface area contributed by atoms with E-state index in [1.165, 1.54) is 6.07 Å². The van der Waals surface area contributed by atoms with Gasteiger partial charge in [-0.2, -0.15) is 0 Å². The van der Waals surface area contributed by atoms with Crippen LogP contribution in [0.25, 0.3) is 10.9 Å². The summed E-state index contributed by atoms with van der Waals surface area (Å²) >= 11 is 0. The number of rotatable bonds is 3. The lowest BCUT2D eigenvalue weighted by atomic mass is 10.2. The summed E-state index contributed by atoms with van der Waals surface area (Å²) in [5.41, 5.74) is 0.894. The molecule has 1 saturated heterocycles. The van der Waals surface area contributed by atoms with Crippen molar-refractivity contribution in [2.75, 3.05) is 6.61 Å². The number of non-ortho nitro benzene ring substituents is 1. The molecule has 2 atom stereocenters. The molecule has 3 rings (SSSR count). The lowest BCUT2D eigenvalue weighted by Crippen LogP contribution is -2.13. The summed E-state index contributed by atoms with van der Waals surface area (Å²) < 4.78 is 7.61. The molecule has 1 aromatic heterocycles. The zero-order chi connectivity index (χ0) is 13.4. The predicted octanol–water partition coefficient (Wildman–Crippen LogP) is 2.22. The van der Waals surface area contributed by atoms with Crippen molar-refractivity contribution in [3.63, 3.8) is 0 Å². The van der Waals surface area contributed by atoms with Crippen LogP contribution in [0, 0.1) is 10.1 Å². The van der Waals surface area contributed by atoms with Gasteiger partial charge in [0.15, 0.2) is 0 Å². The molecule has 0 amide bonds. The molecule has 1 N–H and O–H groups in total. The number of fused-ring (bicyclic) bond motifs is 1. The standard InChI is InChI=1S/C13H14N2O4/c16-8-9-4-5-13(19-9)14-7-6-10-11(14)2-1-3-12(10)15(17)18/h1-3,6-7,9,13,16H,4-5,8H2/t9-,13-/m0/s1. The predicted molar refractivity (Wildman–Crippen MR) is 68.8 cm³/mol. The highest BCUT2D eigenvalue weighted by molar-refractivity contribution is 5.89. The minimum Gasteiger partial charge on any atom is -0.394 e. The van der Waals surface area contributed by atoms with E-state index in [0.29, 0.717) is 5.39 Å². The Kier molecular flexibility index (Phi) is 2.96. The molecule has 0 spiro atoms. The molecule has 2 heterocycles. The summed E-state index contributed by atoms with van der Waals surface area (Å²) in [6.07, 6.45) is 3.12. The second-order valence-corrected chi connectivity index (χ2v) is 4.66. The lowest BCUT2D eigenvalue weighted by molar-refractivity contribution is -0.383. The topological polar surface area (TPSA) is 77.5 Å². The first-order valence-electron chi connectivity index (χ1n) is 6.21. The van der Waals surface area contributed by atoms with Crippen LogP contribution in [0.5, 0.6) is 0 Å². The summed E-state index contributed by atoms with van der Waals surface area (Å²) in [5.74, 6) is 0. The van der Waals surface area contributed by atoms with E-state index >= 15 is 0 Å². The molecule has 0 radical (unpaired) electrons. The van der Waals surface area contributed by atoms with Crippen molar-refractivity contribution in [3.05, 3.63) is 40.6 Å². The van der Waals surface area contributed by atoms with Crippen LogP contribution >= 0.6 is 0 Å². The van der Waals surface area contributed by atoms with E-state index in [1.54, 1.807) is 12.1 Å². The summed E-state index contributed by atoms with van der Waals surface area (Å²) in [6.45, 7) is 0.00977. The summed E-state index contributed by atoms with van der Waals surface area (Å²) in [5, 5.41) is 20.7. The molecule has 0 bridgehead atoms. The fourth-order valence-corrected chi connectivity index (χ4v) is 2.61. The van der Waals surface area contributed by atoms with Crippen LogP contribution in [0.4, 0.5) is 5.69 Å². The molecule has 1 aliphatic rings. The monoisotopic (exact) mass is 262 g/mol. The molecule has 1 aliphatic heterocycles. The zero-order valence-electron chi connectivity index (χ0n) is 10.2. The first-order chi connectivity index (χ1) is 9.20. The van der Waals surface area contributed by atoms with Gasteiger partial charge >= 0.3 is 0 Å². The first kappa shape index (κ1) is 12.1. The number of aliphatic hydroxyl groups excluding tert-OH is 1. The Morgan fingerprint density at radius 1 is 1.42 bits per heavy atom. The number of nitrogens with zero attached hydrogens (tertiary/aromatic N) is 2. The first-order valence-corrected chi connectivity index (χ1v) is 6.21. The summed E-state index contributed by atoms with van der Waals surface area (Å²) in [7, 11) is 0. The van der Waals surface area contributed by atoms with Gasteiger partial charge in [0.05, 0.1) is 28.5 Å².